The van der Waals surface area contributed by atoms with Crippen LogP contribution in [0.1, 0.15) is 12.6 Å². The number of carbonyl (C=O) groups excluding carboxylic acids is 1. The van der Waals surface area contributed by atoms with Gasteiger partial charge in [0.05, 0.1) is 30.6 Å². The lowest BCUT2D eigenvalue weighted by Gasteiger charge is -2.39. The minimum Gasteiger partial charge on any atom is -0.506 e. The van der Waals surface area contributed by atoms with Crippen molar-refractivity contribution in [3.05, 3.63) is 23.9 Å². The van der Waals surface area contributed by atoms with Crippen LogP contribution in [0.25, 0.3) is 0 Å². The molecule has 0 saturated heterocycles. The average Bonchev–Trinajstić information content (AvgIpc) is 3.07. The van der Waals surface area contributed by atoms with Crippen molar-refractivity contribution in [2.45, 2.75) is 25.7 Å². The van der Waals surface area contributed by atoms with Crippen LogP contribution in [0.2, 0.25) is 0 Å². The van der Waals surface area contributed by atoms with E-state index in [1.807, 2.05) is 30.8 Å². The monoisotopic (exact) mass is 426 g/mol. The lowest BCUT2D eigenvalue weighted by atomic mass is 10.1. The minimum atomic E-state index is -4.84. The molecule has 2 aromatic rings. The molecule has 1 aromatic heterocycles. The van der Waals surface area contributed by atoms with Gasteiger partial charge in [-0.3, -0.25) is 4.79 Å². The Morgan fingerprint density at radius 2 is 1.97 bits per heavy atom. The van der Waals surface area contributed by atoms with Gasteiger partial charge in [0.15, 0.2) is 5.82 Å². The molecule has 0 radical (unpaired) electrons. The summed E-state index contributed by atoms with van der Waals surface area (Å²) in [5.41, 5.74) is 1.25. The number of rotatable bonds is 4. The van der Waals surface area contributed by atoms with E-state index in [2.05, 4.69) is 20.1 Å². The Kier molecular flexibility index (Phi) is 5.59. The predicted molar refractivity (Wildman–Crippen MR) is 103 cm³/mol. The number of hydrogen-bond donors (Lipinski definition) is 1. The highest BCUT2D eigenvalue weighted by atomic mass is 19.4. The molecule has 0 saturated carbocycles. The van der Waals surface area contributed by atoms with Crippen molar-refractivity contribution < 1.29 is 27.8 Å². The number of halogens is 3. The van der Waals surface area contributed by atoms with Crippen LogP contribution in [0, 0.1) is 0 Å². The first kappa shape index (κ1) is 21.4. The topological polar surface area (TPSA) is 95.5 Å². The maximum atomic E-state index is 13.2. The van der Waals surface area contributed by atoms with Crippen molar-refractivity contribution in [1.29, 1.82) is 0 Å². The van der Waals surface area contributed by atoms with E-state index in [-0.39, 0.29) is 28.0 Å². The maximum absolute atomic E-state index is 13.2. The van der Waals surface area contributed by atoms with Crippen molar-refractivity contribution >= 4 is 28.8 Å². The molecule has 0 aliphatic carbocycles. The van der Waals surface area contributed by atoms with E-state index in [0.717, 1.165) is 31.1 Å². The summed E-state index contributed by atoms with van der Waals surface area (Å²) in [5.74, 6) is -1.38. The molecule has 0 spiro atoms. The number of esters is 1. The fourth-order valence-corrected chi connectivity index (χ4v) is 3.20. The summed E-state index contributed by atoms with van der Waals surface area (Å²) >= 11 is 0. The fourth-order valence-electron chi connectivity index (χ4n) is 3.20. The summed E-state index contributed by atoms with van der Waals surface area (Å²) in [6, 6.07) is 4.36. The van der Waals surface area contributed by atoms with Crippen LogP contribution in [-0.4, -0.2) is 54.6 Å². The van der Waals surface area contributed by atoms with Crippen molar-refractivity contribution in [2.75, 3.05) is 37.5 Å². The van der Waals surface area contributed by atoms with Crippen molar-refractivity contribution in [3.63, 3.8) is 0 Å². The minimum absolute atomic E-state index is 0.0830. The van der Waals surface area contributed by atoms with Gasteiger partial charge in [-0.25, -0.2) is 0 Å². The number of aromatic nitrogens is 2. The van der Waals surface area contributed by atoms with Crippen LogP contribution in [0.15, 0.2) is 28.4 Å². The van der Waals surface area contributed by atoms with Gasteiger partial charge in [-0.05, 0) is 13.0 Å². The Morgan fingerprint density at radius 1 is 1.27 bits per heavy atom. The number of nitrogens with zero attached hydrogens (tertiary/aromatic N) is 6. The van der Waals surface area contributed by atoms with Crippen LogP contribution < -0.4 is 9.80 Å². The molecule has 1 N–H and O–H groups in total. The number of hydrogen-bond acceptors (Lipinski definition) is 8. The summed E-state index contributed by atoms with van der Waals surface area (Å²) in [7, 11) is 4.87. The lowest BCUT2D eigenvalue weighted by molar-refractivity contribution is -0.213. The van der Waals surface area contributed by atoms with E-state index in [4.69, 9.17) is 0 Å². The normalized spacial score (nSPS) is 16.8. The smallest absolute Gasteiger partial charge is 0.504 e. The van der Waals surface area contributed by atoms with Crippen LogP contribution in [-0.2, 0) is 22.3 Å². The van der Waals surface area contributed by atoms with Crippen LogP contribution >= 0.6 is 0 Å². The Labute approximate surface area is 170 Å². The Morgan fingerprint density at radius 3 is 2.60 bits per heavy atom. The first-order valence-electron chi connectivity index (χ1n) is 8.97. The molecular weight excluding hydrogens is 405 g/mol. The molecule has 1 aliphatic heterocycles. The van der Waals surface area contributed by atoms with E-state index in [1.54, 1.807) is 6.07 Å². The van der Waals surface area contributed by atoms with Gasteiger partial charge in [0, 0.05) is 38.8 Å². The standard InChI is InChI=1S/C18H21F3N6O3/c1-10-9-25(2)13-7-12(15(28)8-14(13)26(10)3)22-23-16-5-11(6-17(29)30-4)27(24-16)18(19,20)21/h5,7-8,10,28H,6,9H2,1-4H3. The number of fused-ring (bicyclic) bond motifs is 1. The van der Waals surface area contributed by atoms with E-state index in [9.17, 15) is 23.1 Å². The molecule has 1 unspecified atom stereocenters. The predicted octanol–water partition coefficient (Wildman–Crippen LogP) is 3.47. The Balaban J connectivity index is 1.94. The van der Waals surface area contributed by atoms with Gasteiger partial charge in [-0.1, -0.05) is 0 Å². The van der Waals surface area contributed by atoms with Crippen LogP contribution in [0.5, 0.6) is 5.75 Å². The summed E-state index contributed by atoms with van der Waals surface area (Å²) in [4.78, 5) is 15.4. The van der Waals surface area contributed by atoms with Gasteiger partial charge in [0.25, 0.3) is 0 Å². The zero-order chi connectivity index (χ0) is 22.2. The highest BCUT2D eigenvalue weighted by molar-refractivity contribution is 5.80. The number of benzene rings is 1. The largest absolute Gasteiger partial charge is 0.506 e. The van der Waals surface area contributed by atoms with Gasteiger partial charge in [-0.15, -0.1) is 28.5 Å². The highest BCUT2D eigenvalue weighted by Crippen LogP contribution is 2.42. The first-order valence-corrected chi connectivity index (χ1v) is 8.97. The second-order valence-electron chi connectivity index (χ2n) is 7.00. The number of ether oxygens (including phenoxy) is 1. The molecular formula is C18H21F3N6O3. The Hall–Kier alpha value is -3.31. The molecule has 3 rings (SSSR count). The van der Waals surface area contributed by atoms with Gasteiger partial charge < -0.3 is 19.6 Å². The third-order valence-corrected chi connectivity index (χ3v) is 4.89. The molecule has 0 bridgehead atoms. The number of phenols is 1. The number of methoxy groups -OCH3 is 1. The van der Waals surface area contributed by atoms with Gasteiger partial charge >= 0.3 is 12.3 Å². The summed E-state index contributed by atoms with van der Waals surface area (Å²) in [5, 5.41) is 21.3. The zero-order valence-electron chi connectivity index (χ0n) is 16.8. The van der Waals surface area contributed by atoms with E-state index in [1.165, 1.54) is 6.07 Å². The lowest BCUT2D eigenvalue weighted by Crippen LogP contribution is -2.43. The number of likely N-dealkylation sites (N-methyl/N-ethyl adjacent to an activating group) is 2. The second-order valence-corrected chi connectivity index (χ2v) is 7.00. The molecule has 1 aromatic carbocycles. The molecule has 12 heteroatoms. The van der Waals surface area contributed by atoms with Gasteiger partial charge in [0.2, 0.25) is 0 Å². The summed E-state index contributed by atoms with van der Waals surface area (Å²) in [6.45, 7) is 2.80. The number of aromatic hydroxyl groups is 1. The van der Waals surface area contributed by atoms with Crippen LogP contribution in [0.3, 0.4) is 0 Å². The zero-order valence-corrected chi connectivity index (χ0v) is 16.8. The van der Waals surface area contributed by atoms with E-state index >= 15 is 0 Å². The third kappa shape index (κ3) is 4.16. The van der Waals surface area contributed by atoms with Crippen LogP contribution in [0.4, 0.5) is 36.1 Å². The SMILES string of the molecule is COC(=O)Cc1cc(N=Nc2cc3c(cc2O)N(C)C(C)CN3C)nn1C(F)(F)F. The number of azo groups is 1. The second kappa shape index (κ2) is 7.84. The van der Waals surface area contributed by atoms with Gasteiger partial charge in [0.1, 0.15) is 11.4 Å². The number of alkyl halides is 3. The highest BCUT2D eigenvalue weighted by Gasteiger charge is 2.35. The number of phenolic OH excluding ortho intramolecular Hbond substituents is 1. The quantitative estimate of drug-likeness (QED) is 0.594. The first-order chi connectivity index (χ1) is 14.0. The van der Waals surface area contributed by atoms with E-state index in [0.29, 0.717) is 0 Å². The van der Waals surface area contributed by atoms with Crippen molar-refractivity contribution in [1.82, 2.24) is 9.78 Å². The average molecular weight is 426 g/mol. The van der Waals surface area contributed by atoms with E-state index < -0.39 is 24.4 Å². The molecule has 0 fully saturated rings. The molecule has 1 atom stereocenters. The van der Waals surface area contributed by atoms with Crippen molar-refractivity contribution in [3.8, 4) is 5.75 Å². The number of anilines is 2. The molecule has 162 valence electrons. The molecule has 2 heterocycles. The number of carbonyl (C=O) groups is 1. The Bertz CT molecular complexity index is 988. The molecule has 0 amide bonds. The molecule has 9 nitrogen and oxygen atoms in total. The van der Waals surface area contributed by atoms with Gasteiger partial charge in [-0.2, -0.15) is 4.68 Å². The van der Waals surface area contributed by atoms with Crippen molar-refractivity contribution in [2.24, 2.45) is 10.2 Å². The maximum Gasteiger partial charge on any atom is 0.504 e. The molecule has 30 heavy (non-hydrogen) atoms. The summed E-state index contributed by atoms with van der Waals surface area (Å²) in [6.07, 6.45) is -5.47. The fraction of sp³-hybridized carbons (Fsp3) is 0.444. The third-order valence-electron chi connectivity index (χ3n) is 4.89. The summed E-state index contributed by atoms with van der Waals surface area (Å²) < 4.78 is 43.7. The molecule has 1 aliphatic rings.